The maximum Gasteiger partial charge on any atom is 0.258 e. The molecule has 42 heavy (non-hydrogen) atoms. The van der Waals surface area contributed by atoms with Crippen LogP contribution in [0, 0.1) is 17.3 Å². The van der Waals surface area contributed by atoms with E-state index in [4.69, 9.17) is 19.9 Å². The number of anilines is 1. The quantitative estimate of drug-likeness (QED) is 0.471. The highest BCUT2D eigenvalue weighted by atomic mass is 28.4. The number of amidine groups is 1. The number of amides is 1. The van der Waals surface area contributed by atoms with Crippen molar-refractivity contribution >= 4 is 25.7 Å². The second-order valence-electron chi connectivity index (χ2n) is 14.1. The van der Waals surface area contributed by atoms with Crippen LogP contribution in [-0.4, -0.2) is 91.7 Å². The number of aromatic amines is 1. The number of morpholine rings is 1. The Bertz CT molecular complexity index is 1240. The van der Waals surface area contributed by atoms with Crippen molar-refractivity contribution in [3.63, 3.8) is 0 Å². The van der Waals surface area contributed by atoms with Crippen LogP contribution in [0.4, 0.5) is 14.5 Å². The fourth-order valence-electron chi connectivity index (χ4n) is 7.40. The highest BCUT2D eigenvalue weighted by molar-refractivity contribution is 6.74. The number of primary amides is 1. The van der Waals surface area contributed by atoms with Crippen LogP contribution >= 0.6 is 0 Å². The molecule has 0 bridgehead atoms. The van der Waals surface area contributed by atoms with Crippen LogP contribution in [0.1, 0.15) is 58.1 Å². The molecular weight excluding hydrogens is 560 g/mol. The number of hydrazine groups is 1. The van der Waals surface area contributed by atoms with Gasteiger partial charge in [-0.25, -0.2) is 13.8 Å². The molecule has 1 aromatic heterocycles. The van der Waals surface area contributed by atoms with E-state index in [0.29, 0.717) is 49.7 Å². The first-order valence-electron chi connectivity index (χ1n) is 15.3. The van der Waals surface area contributed by atoms with Crippen molar-refractivity contribution in [2.45, 2.75) is 89.2 Å². The van der Waals surface area contributed by atoms with Crippen molar-refractivity contribution in [3.05, 3.63) is 24.2 Å². The van der Waals surface area contributed by atoms with Crippen LogP contribution in [0.3, 0.4) is 0 Å². The van der Waals surface area contributed by atoms with Gasteiger partial charge in [-0.15, -0.1) is 0 Å². The molecule has 10 nitrogen and oxygen atoms in total. The zero-order valence-electron chi connectivity index (χ0n) is 25.4. The molecule has 1 aromatic rings. The van der Waals surface area contributed by atoms with Gasteiger partial charge in [0.15, 0.2) is 19.9 Å². The number of aromatic nitrogens is 2. The molecule has 6 unspecified atom stereocenters. The number of nitrogens with one attached hydrogen (secondary N) is 1. The Morgan fingerprint density at radius 2 is 2.00 bits per heavy atom. The Morgan fingerprint density at radius 1 is 1.26 bits per heavy atom. The second kappa shape index (κ2) is 10.6. The van der Waals surface area contributed by atoms with Gasteiger partial charge in [0.05, 0.1) is 43.4 Å². The van der Waals surface area contributed by atoms with Gasteiger partial charge in [-0.2, -0.15) is 5.10 Å². The molecule has 5 aliphatic rings. The molecule has 4 heterocycles. The molecule has 0 spiro atoms. The number of rotatable bonds is 6. The monoisotopic (exact) mass is 605 g/mol. The van der Waals surface area contributed by atoms with Gasteiger partial charge in [-0.1, -0.05) is 33.6 Å². The first-order chi connectivity index (χ1) is 19.8. The predicted molar refractivity (Wildman–Crippen MR) is 158 cm³/mol. The van der Waals surface area contributed by atoms with Gasteiger partial charge in [0.1, 0.15) is 5.84 Å². The third-order valence-electron chi connectivity index (χ3n) is 10.8. The van der Waals surface area contributed by atoms with E-state index in [9.17, 15) is 13.6 Å². The molecule has 2 saturated carbocycles. The lowest BCUT2D eigenvalue weighted by Crippen LogP contribution is -2.54. The van der Waals surface area contributed by atoms with Gasteiger partial charge in [0.25, 0.3) is 6.43 Å². The van der Waals surface area contributed by atoms with Crippen molar-refractivity contribution < 1.29 is 22.7 Å². The normalized spacial score (nSPS) is 33.4. The van der Waals surface area contributed by atoms with Gasteiger partial charge in [-0.05, 0) is 48.9 Å². The molecule has 3 aliphatic heterocycles. The summed E-state index contributed by atoms with van der Waals surface area (Å²) in [7, 11) is -2.10. The number of H-pyrrole nitrogens is 1. The van der Waals surface area contributed by atoms with E-state index in [1.807, 2.05) is 11.0 Å². The van der Waals surface area contributed by atoms with E-state index in [1.165, 1.54) is 12.8 Å². The zero-order chi connectivity index (χ0) is 30.0. The van der Waals surface area contributed by atoms with E-state index >= 15 is 0 Å². The standard InChI is InChI=1S/C29H45F2N7O3Si/c1-28(2,3)42(4,5)41-24-19-8-6-7-18(19)15-20(24)23-21(16-33-35-23)38-17-29(25(30)31,26(32)39)27-34-22(9-10-37(27)38)36-11-13-40-14-12-36/h9-10,16,18-20,24-25,27H,6-8,11-15,17H2,1-5H3,(H2,32,39)(H,33,35). The number of fused-ring (bicyclic) bond motifs is 2. The van der Waals surface area contributed by atoms with Crippen molar-refractivity contribution in [1.29, 1.82) is 0 Å². The fourth-order valence-corrected chi connectivity index (χ4v) is 8.77. The molecule has 2 saturated heterocycles. The minimum absolute atomic E-state index is 0.0230. The van der Waals surface area contributed by atoms with Crippen molar-refractivity contribution in [1.82, 2.24) is 20.1 Å². The Kier molecular flexibility index (Phi) is 7.45. The van der Waals surface area contributed by atoms with E-state index in [1.54, 1.807) is 22.4 Å². The van der Waals surface area contributed by atoms with E-state index in [0.717, 1.165) is 18.5 Å². The van der Waals surface area contributed by atoms with Gasteiger partial charge < -0.3 is 19.8 Å². The lowest BCUT2D eigenvalue weighted by molar-refractivity contribution is -0.138. The average Bonchev–Trinajstić information content (AvgIpc) is 3.71. The summed E-state index contributed by atoms with van der Waals surface area (Å²) in [5.74, 6) is 0.574. The van der Waals surface area contributed by atoms with Crippen molar-refractivity contribution in [2.24, 2.45) is 28.0 Å². The number of aliphatic imine (C=N–C) groups is 1. The summed E-state index contributed by atoms with van der Waals surface area (Å²) in [6.07, 6.45) is 5.57. The van der Waals surface area contributed by atoms with Gasteiger partial charge >= 0.3 is 0 Å². The minimum Gasteiger partial charge on any atom is -0.413 e. The number of nitrogens with zero attached hydrogens (tertiary/aromatic N) is 5. The Hall–Kier alpha value is -2.51. The molecule has 2 aliphatic carbocycles. The van der Waals surface area contributed by atoms with Crippen LogP contribution in [0.2, 0.25) is 18.1 Å². The maximum absolute atomic E-state index is 15.0. The van der Waals surface area contributed by atoms with Crippen LogP contribution in [0.5, 0.6) is 0 Å². The highest BCUT2D eigenvalue weighted by Gasteiger charge is 2.63. The number of hydrogen-bond acceptors (Lipinski definition) is 8. The van der Waals surface area contributed by atoms with Gasteiger partial charge in [-0.3, -0.25) is 19.9 Å². The zero-order valence-corrected chi connectivity index (χ0v) is 26.4. The number of alkyl halides is 2. The third kappa shape index (κ3) is 4.66. The highest BCUT2D eigenvalue weighted by Crippen LogP contribution is 2.56. The van der Waals surface area contributed by atoms with Crippen LogP contribution < -0.4 is 10.7 Å². The lowest BCUT2D eigenvalue weighted by Gasteiger charge is -2.41. The summed E-state index contributed by atoms with van der Waals surface area (Å²) in [5.41, 5.74) is 5.15. The first kappa shape index (κ1) is 29.6. The molecular formula is C29H45F2N7O3Si. The summed E-state index contributed by atoms with van der Waals surface area (Å²) >= 11 is 0. The van der Waals surface area contributed by atoms with Crippen molar-refractivity contribution in [2.75, 3.05) is 37.9 Å². The predicted octanol–water partition coefficient (Wildman–Crippen LogP) is 4.06. The van der Waals surface area contributed by atoms with E-state index < -0.39 is 32.2 Å². The number of carbonyl (C=O) groups is 1. The summed E-state index contributed by atoms with van der Waals surface area (Å²) in [5, 5.41) is 11.1. The first-order valence-corrected chi connectivity index (χ1v) is 18.2. The van der Waals surface area contributed by atoms with E-state index in [2.05, 4.69) is 44.1 Å². The van der Waals surface area contributed by atoms with Gasteiger partial charge in [0.2, 0.25) is 5.91 Å². The molecule has 1 amide bonds. The fraction of sp³-hybridized carbons (Fsp3) is 0.759. The minimum atomic E-state index is -3.01. The summed E-state index contributed by atoms with van der Waals surface area (Å²) < 4.78 is 42.6. The van der Waals surface area contributed by atoms with Crippen molar-refractivity contribution in [3.8, 4) is 0 Å². The molecule has 3 N–H and O–H groups in total. The Balaban J connectivity index is 1.36. The van der Waals surface area contributed by atoms with Crippen LogP contribution in [0.15, 0.2) is 23.5 Å². The number of nitrogens with two attached hydrogens (primary N) is 1. The van der Waals surface area contributed by atoms with Crippen LogP contribution in [-0.2, 0) is 14.0 Å². The summed E-state index contributed by atoms with van der Waals surface area (Å²) in [4.78, 5) is 19.7. The molecule has 6 rings (SSSR count). The molecule has 232 valence electrons. The summed E-state index contributed by atoms with van der Waals surface area (Å²) in [6.45, 7) is 13.3. The van der Waals surface area contributed by atoms with Gasteiger partial charge in [0, 0.05) is 25.2 Å². The third-order valence-corrected chi connectivity index (χ3v) is 15.3. The Morgan fingerprint density at radius 3 is 2.67 bits per heavy atom. The van der Waals surface area contributed by atoms with Crippen LogP contribution in [0.25, 0.3) is 0 Å². The molecule has 6 atom stereocenters. The SMILES string of the molecule is CC(C)(C)[Si](C)(C)OC1C(c2[nH]ncc2N2CC(C(N)=O)(C(F)F)C3N=C(N4CCOCC4)C=CN32)CC2CCCC21. The Labute approximate surface area is 247 Å². The molecule has 0 radical (unpaired) electrons. The lowest BCUT2D eigenvalue weighted by atomic mass is 9.84. The molecule has 0 aromatic carbocycles. The summed E-state index contributed by atoms with van der Waals surface area (Å²) in [6, 6.07) is 0. The average molecular weight is 606 g/mol. The topological polar surface area (TPSA) is 112 Å². The largest absolute Gasteiger partial charge is 0.413 e. The number of halogens is 2. The number of hydrogen-bond donors (Lipinski definition) is 2. The molecule has 4 fully saturated rings. The maximum atomic E-state index is 15.0. The number of carbonyl (C=O) groups excluding carboxylic acids is 1. The number of ether oxygens (including phenoxy) is 1. The van der Waals surface area contributed by atoms with E-state index in [-0.39, 0.29) is 23.6 Å². The second-order valence-corrected chi connectivity index (χ2v) is 18.9. The smallest absolute Gasteiger partial charge is 0.258 e. The molecule has 13 heteroatoms.